The molecule has 0 heterocycles. The maximum Gasteiger partial charge on any atom is 0.326 e. The van der Waals surface area contributed by atoms with Crippen molar-refractivity contribution in [3.63, 3.8) is 0 Å². The second-order valence-corrected chi connectivity index (χ2v) is 10.1. The van der Waals surface area contributed by atoms with Gasteiger partial charge in [0.2, 0.25) is 0 Å². The molecule has 0 saturated heterocycles. The molecule has 2 N–H and O–H groups in total. The van der Waals surface area contributed by atoms with Crippen LogP contribution in [0.15, 0.2) is 18.2 Å². The van der Waals surface area contributed by atoms with Gasteiger partial charge in [-0.2, -0.15) is 0 Å². The van der Waals surface area contributed by atoms with Crippen LogP contribution >= 0.6 is 0 Å². The lowest BCUT2D eigenvalue weighted by Gasteiger charge is -2.27. The highest BCUT2D eigenvalue weighted by Crippen LogP contribution is 2.32. The van der Waals surface area contributed by atoms with Crippen molar-refractivity contribution in [2.75, 3.05) is 13.7 Å². The molecule has 1 rings (SSSR count). The minimum absolute atomic E-state index is 0.0100. The van der Waals surface area contributed by atoms with Gasteiger partial charge in [-0.05, 0) is 37.0 Å². The number of carbonyl (C=O) groups is 4. The summed E-state index contributed by atoms with van der Waals surface area (Å²) in [6, 6.07) is 4.72. The van der Waals surface area contributed by atoms with Crippen LogP contribution in [0.4, 0.5) is 0 Å². The van der Waals surface area contributed by atoms with Gasteiger partial charge in [-0.15, -0.1) is 0 Å². The molecular formula is C29H45NO8. The molecule has 1 aromatic rings. The van der Waals surface area contributed by atoms with E-state index in [4.69, 9.17) is 24.7 Å². The zero-order valence-electron chi connectivity index (χ0n) is 24.0. The second-order valence-electron chi connectivity index (χ2n) is 10.1. The third-order valence-electron chi connectivity index (χ3n) is 6.60. The smallest absolute Gasteiger partial charge is 0.326 e. The average molecular weight is 536 g/mol. The zero-order valence-corrected chi connectivity index (χ0v) is 24.0. The van der Waals surface area contributed by atoms with Crippen LogP contribution in [0.2, 0.25) is 0 Å². The molecule has 0 bridgehead atoms. The largest absolute Gasteiger partial charge is 0.468 e. The minimum atomic E-state index is -1.50. The Hall–Kier alpha value is -2.94. The first-order chi connectivity index (χ1) is 17.9. The molecule has 0 amide bonds. The van der Waals surface area contributed by atoms with Gasteiger partial charge in [-0.25, -0.2) is 0 Å². The number of esters is 4. The molecule has 4 atom stereocenters. The number of ether oxygens (including phenoxy) is 4. The summed E-state index contributed by atoms with van der Waals surface area (Å²) in [7, 11) is 1.23. The lowest BCUT2D eigenvalue weighted by molar-refractivity contribution is -0.153. The number of rotatable bonds is 16. The second kappa shape index (κ2) is 16.1. The maximum absolute atomic E-state index is 12.7. The molecule has 9 nitrogen and oxygen atoms in total. The Bertz CT molecular complexity index is 947. The zero-order chi connectivity index (χ0) is 28.9. The van der Waals surface area contributed by atoms with Crippen molar-refractivity contribution in [1.29, 1.82) is 0 Å². The standard InChI is InChI=1S/C29H45NO8/c1-8-11-20(5)26(32)37-23-14-13-22(17-24(23)38-27(33)21(6)12-9-2)18-29(30,28(34)35-7)15-16-36-25(31)19(4)10-3/h13-14,17,19-21H,8-12,15-16,18,30H2,1-7H3/t19?,20?,21?,29-/m1/s1. The van der Waals surface area contributed by atoms with E-state index in [1.807, 2.05) is 20.8 Å². The molecule has 0 aliphatic heterocycles. The van der Waals surface area contributed by atoms with Crippen LogP contribution in [0.5, 0.6) is 11.5 Å². The number of methoxy groups -OCH3 is 1. The SMILES string of the molecule is CCCC(C)C(=O)Oc1ccc(C[C@](N)(CCOC(=O)C(C)CC)C(=O)OC)cc1OC(=O)C(C)CCC. The van der Waals surface area contributed by atoms with E-state index in [1.54, 1.807) is 32.9 Å². The van der Waals surface area contributed by atoms with E-state index >= 15 is 0 Å². The van der Waals surface area contributed by atoms with E-state index < -0.39 is 23.4 Å². The maximum atomic E-state index is 12.7. The van der Waals surface area contributed by atoms with E-state index in [2.05, 4.69) is 0 Å². The summed E-state index contributed by atoms with van der Waals surface area (Å²) < 4.78 is 21.5. The van der Waals surface area contributed by atoms with Crippen molar-refractivity contribution in [3.05, 3.63) is 23.8 Å². The molecule has 0 aliphatic carbocycles. The first kappa shape index (κ1) is 33.1. The van der Waals surface area contributed by atoms with Crippen molar-refractivity contribution < 1.29 is 38.1 Å². The fourth-order valence-corrected chi connectivity index (χ4v) is 3.82. The first-order valence-electron chi connectivity index (χ1n) is 13.5. The molecule has 1 aromatic carbocycles. The first-order valence-corrected chi connectivity index (χ1v) is 13.5. The Morgan fingerprint density at radius 3 is 1.89 bits per heavy atom. The molecular weight excluding hydrogens is 490 g/mol. The normalized spacial score (nSPS) is 14.9. The Morgan fingerprint density at radius 2 is 1.39 bits per heavy atom. The van der Waals surface area contributed by atoms with E-state index in [0.29, 0.717) is 24.8 Å². The predicted octanol–water partition coefficient (Wildman–Crippen LogP) is 4.76. The third kappa shape index (κ3) is 10.1. The van der Waals surface area contributed by atoms with Crippen LogP contribution in [0, 0.1) is 17.8 Å². The van der Waals surface area contributed by atoms with Gasteiger partial charge in [0, 0.05) is 12.8 Å². The van der Waals surface area contributed by atoms with Gasteiger partial charge in [0.1, 0.15) is 5.54 Å². The Kier molecular flexibility index (Phi) is 14.0. The highest BCUT2D eigenvalue weighted by molar-refractivity contribution is 5.81. The van der Waals surface area contributed by atoms with E-state index in [1.165, 1.54) is 13.2 Å². The summed E-state index contributed by atoms with van der Waals surface area (Å²) in [5.41, 5.74) is 5.50. The van der Waals surface area contributed by atoms with Gasteiger partial charge in [-0.1, -0.05) is 60.5 Å². The van der Waals surface area contributed by atoms with Gasteiger partial charge in [0.05, 0.1) is 31.5 Å². The van der Waals surface area contributed by atoms with Crippen LogP contribution in [0.3, 0.4) is 0 Å². The van der Waals surface area contributed by atoms with Crippen LogP contribution in [-0.2, 0) is 35.1 Å². The van der Waals surface area contributed by atoms with Gasteiger partial charge >= 0.3 is 23.9 Å². The summed E-state index contributed by atoms with van der Waals surface area (Å²) in [5, 5.41) is 0. The highest BCUT2D eigenvalue weighted by Gasteiger charge is 2.36. The molecule has 0 aliphatic rings. The number of hydrogen-bond acceptors (Lipinski definition) is 9. The molecule has 38 heavy (non-hydrogen) atoms. The summed E-state index contributed by atoms with van der Waals surface area (Å²) in [6.45, 7) is 11.1. The monoisotopic (exact) mass is 535 g/mol. The molecule has 0 saturated carbocycles. The van der Waals surface area contributed by atoms with Gasteiger partial charge in [0.25, 0.3) is 0 Å². The van der Waals surface area contributed by atoms with Crippen LogP contribution in [0.1, 0.15) is 85.6 Å². The molecule has 9 heteroatoms. The Balaban J connectivity index is 3.24. The van der Waals surface area contributed by atoms with E-state index in [0.717, 1.165) is 12.8 Å². The molecule has 0 radical (unpaired) electrons. The Morgan fingerprint density at radius 1 is 0.842 bits per heavy atom. The number of hydrogen-bond donors (Lipinski definition) is 1. The molecule has 0 aromatic heterocycles. The number of nitrogens with two attached hydrogens (primary N) is 1. The minimum Gasteiger partial charge on any atom is -0.468 e. The van der Waals surface area contributed by atoms with Crippen LogP contribution in [-0.4, -0.2) is 43.1 Å². The molecule has 0 spiro atoms. The van der Waals surface area contributed by atoms with Gasteiger partial charge in [0.15, 0.2) is 11.5 Å². The highest BCUT2D eigenvalue weighted by atomic mass is 16.6. The molecule has 0 fully saturated rings. The molecule has 3 unspecified atom stereocenters. The lowest BCUT2D eigenvalue weighted by atomic mass is 9.88. The fourth-order valence-electron chi connectivity index (χ4n) is 3.82. The van der Waals surface area contributed by atoms with Crippen molar-refractivity contribution in [2.24, 2.45) is 23.5 Å². The number of carbonyl (C=O) groups excluding carboxylic acids is 4. The van der Waals surface area contributed by atoms with Crippen molar-refractivity contribution in [2.45, 2.75) is 92.0 Å². The van der Waals surface area contributed by atoms with Crippen molar-refractivity contribution >= 4 is 23.9 Å². The van der Waals surface area contributed by atoms with Crippen molar-refractivity contribution in [3.8, 4) is 11.5 Å². The lowest BCUT2D eigenvalue weighted by Crippen LogP contribution is -2.51. The fraction of sp³-hybridized carbons (Fsp3) is 0.655. The van der Waals surface area contributed by atoms with Gasteiger partial charge in [-0.3, -0.25) is 19.2 Å². The third-order valence-corrected chi connectivity index (χ3v) is 6.60. The topological polar surface area (TPSA) is 131 Å². The molecule has 214 valence electrons. The quantitative estimate of drug-likeness (QED) is 0.235. The van der Waals surface area contributed by atoms with Gasteiger partial charge < -0.3 is 24.7 Å². The average Bonchev–Trinajstić information content (AvgIpc) is 2.89. The van der Waals surface area contributed by atoms with Crippen molar-refractivity contribution in [1.82, 2.24) is 0 Å². The summed E-state index contributed by atoms with van der Waals surface area (Å²) >= 11 is 0. The van der Waals surface area contributed by atoms with E-state index in [9.17, 15) is 19.2 Å². The summed E-state index contributed by atoms with van der Waals surface area (Å²) in [4.78, 5) is 50.0. The van der Waals surface area contributed by atoms with Crippen LogP contribution < -0.4 is 15.2 Å². The van der Waals surface area contributed by atoms with E-state index in [-0.39, 0.29) is 54.7 Å². The summed E-state index contributed by atoms with van der Waals surface area (Å²) in [5.74, 6) is -2.66. The van der Waals surface area contributed by atoms with Crippen LogP contribution in [0.25, 0.3) is 0 Å². The predicted molar refractivity (Wildman–Crippen MR) is 144 cm³/mol. The summed E-state index contributed by atoms with van der Waals surface area (Å²) in [6.07, 6.45) is 3.61. The number of benzene rings is 1. The Labute approximate surface area is 226 Å².